The predicted molar refractivity (Wildman–Crippen MR) is 48.4 cm³/mol. The molecule has 0 saturated carbocycles. The molecule has 0 aromatic carbocycles. The molecular formula is C10H10O3. The van der Waals surface area contributed by atoms with Crippen LogP contribution in [-0.4, -0.2) is 14.2 Å². The zero-order valence-corrected chi connectivity index (χ0v) is 7.53. The summed E-state index contributed by atoms with van der Waals surface area (Å²) < 4.78 is 15.5. The number of rotatable bonds is 2. The van der Waals surface area contributed by atoms with Crippen molar-refractivity contribution in [2.24, 2.45) is 0 Å². The van der Waals surface area contributed by atoms with E-state index in [0.717, 1.165) is 22.8 Å². The van der Waals surface area contributed by atoms with Crippen molar-refractivity contribution in [3.8, 4) is 22.8 Å². The van der Waals surface area contributed by atoms with Gasteiger partial charge in [-0.2, -0.15) is 0 Å². The maximum absolute atomic E-state index is 5.28. The highest BCUT2D eigenvalue weighted by atomic mass is 16.5. The van der Waals surface area contributed by atoms with E-state index in [1.165, 1.54) is 0 Å². The highest BCUT2D eigenvalue weighted by molar-refractivity contribution is 5.71. The van der Waals surface area contributed by atoms with Crippen LogP contribution in [0.4, 0.5) is 0 Å². The maximum Gasteiger partial charge on any atom is 0.141 e. The quantitative estimate of drug-likeness (QED) is 0.707. The minimum absolute atomic E-state index is 0.774. The van der Waals surface area contributed by atoms with Gasteiger partial charge in [0.15, 0.2) is 0 Å². The van der Waals surface area contributed by atoms with Gasteiger partial charge in [-0.15, -0.1) is 0 Å². The van der Waals surface area contributed by atoms with Crippen molar-refractivity contribution in [2.45, 2.75) is 0 Å². The lowest BCUT2D eigenvalue weighted by atomic mass is 10.2. The van der Waals surface area contributed by atoms with Crippen LogP contribution < -0.4 is 9.47 Å². The fourth-order valence-corrected chi connectivity index (χ4v) is 1.31. The van der Waals surface area contributed by atoms with Crippen LogP contribution in [0.15, 0.2) is 28.9 Å². The van der Waals surface area contributed by atoms with Crippen LogP contribution >= 0.6 is 0 Å². The molecule has 0 fully saturated rings. The van der Waals surface area contributed by atoms with Crippen LogP contribution in [0.2, 0.25) is 0 Å². The maximum atomic E-state index is 5.28. The smallest absolute Gasteiger partial charge is 0.141 e. The molecule has 0 radical (unpaired) electrons. The van der Waals surface area contributed by atoms with Crippen molar-refractivity contribution >= 4 is 0 Å². The van der Waals surface area contributed by atoms with Gasteiger partial charge in [0.1, 0.15) is 17.3 Å². The molecule has 1 heterocycles. The minimum Gasteiger partial charge on any atom is -0.497 e. The SMILES string of the molecule is COc1cc2occc(OC)c-2c1. The Morgan fingerprint density at radius 1 is 1.15 bits per heavy atom. The Hall–Kier alpha value is -1.64. The van der Waals surface area contributed by atoms with Crippen molar-refractivity contribution in [2.75, 3.05) is 14.2 Å². The molecule has 0 atom stereocenters. The van der Waals surface area contributed by atoms with E-state index < -0.39 is 0 Å². The van der Waals surface area contributed by atoms with Crippen molar-refractivity contribution in [1.29, 1.82) is 0 Å². The summed E-state index contributed by atoms with van der Waals surface area (Å²) in [4.78, 5) is 0. The lowest BCUT2D eigenvalue weighted by Gasteiger charge is -2.03. The van der Waals surface area contributed by atoms with Crippen LogP contribution in [0.3, 0.4) is 0 Å². The molecule has 0 spiro atoms. The third kappa shape index (κ3) is 1.22. The third-order valence-electron chi connectivity index (χ3n) is 1.96. The molecule has 3 heteroatoms. The zero-order valence-electron chi connectivity index (χ0n) is 7.53. The van der Waals surface area contributed by atoms with Crippen LogP contribution in [0.25, 0.3) is 11.3 Å². The molecule has 0 amide bonds. The first-order valence-corrected chi connectivity index (χ1v) is 3.94. The average Bonchev–Trinajstić information content (AvgIpc) is 2.59. The molecule has 2 rings (SSSR count). The summed E-state index contributed by atoms with van der Waals surface area (Å²) in [6.07, 6.45) is 1.60. The second kappa shape index (κ2) is 3.01. The van der Waals surface area contributed by atoms with Crippen LogP contribution in [0.1, 0.15) is 0 Å². The normalized spacial score (nSPS) is 10.3. The van der Waals surface area contributed by atoms with Gasteiger partial charge in [0.2, 0.25) is 0 Å². The van der Waals surface area contributed by atoms with E-state index in [1.54, 1.807) is 26.5 Å². The highest BCUT2D eigenvalue weighted by Crippen LogP contribution is 2.37. The molecule has 0 N–H and O–H groups in total. The summed E-state index contributed by atoms with van der Waals surface area (Å²) >= 11 is 0. The molecule has 0 bridgehead atoms. The van der Waals surface area contributed by atoms with E-state index in [-0.39, 0.29) is 0 Å². The largest absolute Gasteiger partial charge is 0.497 e. The van der Waals surface area contributed by atoms with Crippen molar-refractivity contribution in [3.63, 3.8) is 0 Å². The van der Waals surface area contributed by atoms with Gasteiger partial charge in [-0.25, -0.2) is 0 Å². The molecule has 1 aliphatic heterocycles. The van der Waals surface area contributed by atoms with E-state index in [0.29, 0.717) is 0 Å². The molecule has 0 saturated heterocycles. The lowest BCUT2D eigenvalue weighted by Crippen LogP contribution is -1.84. The first-order chi connectivity index (χ1) is 6.35. The Labute approximate surface area is 76.2 Å². The van der Waals surface area contributed by atoms with E-state index in [2.05, 4.69) is 0 Å². The average molecular weight is 178 g/mol. The number of hydrogen-bond acceptors (Lipinski definition) is 3. The lowest BCUT2D eigenvalue weighted by molar-refractivity contribution is 0.409. The molecule has 2 aliphatic rings. The summed E-state index contributed by atoms with van der Waals surface area (Å²) in [7, 11) is 3.26. The van der Waals surface area contributed by atoms with Crippen LogP contribution in [0.5, 0.6) is 11.5 Å². The summed E-state index contributed by atoms with van der Waals surface area (Å²) in [5.74, 6) is 2.35. The Balaban J connectivity index is 2.59. The first-order valence-electron chi connectivity index (χ1n) is 3.94. The molecule has 0 unspecified atom stereocenters. The van der Waals surface area contributed by atoms with Crippen molar-refractivity contribution in [1.82, 2.24) is 0 Å². The van der Waals surface area contributed by atoms with Crippen LogP contribution in [-0.2, 0) is 0 Å². The second-order valence-corrected chi connectivity index (χ2v) is 2.66. The Bertz CT molecular complexity index is 378. The second-order valence-electron chi connectivity index (χ2n) is 2.66. The van der Waals surface area contributed by atoms with Gasteiger partial charge in [-0.1, -0.05) is 0 Å². The van der Waals surface area contributed by atoms with E-state index >= 15 is 0 Å². The predicted octanol–water partition coefficient (Wildman–Crippen LogP) is 2.40. The van der Waals surface area contributed by atoms with Crippen LogP contribution in [0, 0.1) is 0 Å². The van der Waals surface area contributed by atoms with Gasteiger partial charge in [-0.3, -0.25) is 0 Å². The summed E-state index contributed by atoms with van der Waals surface area (Å²) in [5.41, 5.74) is 0.932. The number of ether oxygens (including phenoxy) is 2. The minimum atomic E-state index is 0.774. The molecule has 0 aromatic rings. The molecular weight excluding hydrogens is 168 g/mol. The van der Waals surface area contributed by atoms with Gasteiger partial charge < -0.3 is 13.9 Å². The zero-order chi connectivity index (χ0) is 9.26. The molecule has 13 heavy (non-hydrogen) atoms. The highest BCUT2D eigenvalue weighted by Gasteiger charge is 2.13. The fourth-order valence-electron chi connectivity index (χ4n) is 1.31. The topological polar surface area (TPSA) is 31.6 Å². The van der Waals surface area contributed by atoms with Gasteiger partial charge in [0.05, 0.1) is 26.0 Å². The molecule has 68 valence electrons. The summed E-state index contributed by atoms with van der Waals surface area (Å²) in [5, 5.41) is 0. The van der Waals surface area contributed by atoms with Crippen molar-refractivity contribution < 1.29 is 13.9 Å². The summed E-state index contributed by atoms with van der Waals surface area (Å²) in [6, 6.07) is 5.50. The fraction of sp³-hybridized carbons (Fsp3) is 0.200. The molecule has 3 nitrogen and oxygen atoms in total. The first kappa shape index (κ1) is 7.98. The number of methoxy groups -OCH3 is 2. The van der Waals surface area contributed by atoms with Gasteiger partial charge in [0, 0.05) is 12.1 Å². The monoisotopic (exact) mass is 178 g/mol. The number of fused-ring (bicyclic) bond motifs is 1. The Morgan fingerprint density at radius 2 is 2.00 bits per heavy atom. The van der Waals surface area contributed by atoms with Gasteiger partial charge in [-0.05, 0) is 6.07 Å². The van der Waals surface area contributed by atoms with E-state index in [4.69, 9.17) is 13.9 Å². The van der Waals surface area contributed by atoms with E-state index in [1.807, 2.05) is 12.1 Å². The molecule has 1 aliphatic carbocycles. The number of hydrogen-bond donors (Lipinski definition) is 0. The van der Waals surface area contributed by atoms with Gasteiger partial charge >= 0.3 is 0 Å². The molecule has 0 aromatic heterocycles. The Morgan fingerprint density at radius 3 is 2.69 bits per heavy atom. The summed E-state index contributed by atoms with van der Waals surface area (Å²) in [6.45, 7) is 0. The van der Waals surface area contributed by atoms with E-state index in [9.17, 15) is 0 Å². The standard InChI is InChI=1S/C10H10O3/c1-11-7-5-8-9(12-2)3-4-13-10(8)6-7/h3-6H,1-2H3. The van der Waals surface area contributed by atoms with Crippen molar-refractivity contribution in [3.05, 3.63) is 24.5 Å². The van der Waals surface area contributed by atoms with Gasteiger partial charge in [0.25, 0.3) is 0 Å². The Kier molecular flexibility index (Phi) is 1.85. The third-order valence-corrected chi connectivity index (χ3v) is 1.96.